The van der Waals surface area contributed by atoms with Crippen molar-refractivity contribution in [3.8, 4) is 5.75 Å². The molecule has 0 atom stereocenters. The molecule has 3 aromatic heterocycles. The van der Waals surface area contributed by atoms with Crippen LogP contribution in [-0.4, -0.2) is 26.4 Å². The summed E-state index contributed by atoms with van der Waals surface area (Å²) >= 11 is 1.34. The number of nitrogens with one attached hydrogen (secondary N) is 2. The monoisotopic (exact) mass is 448 g/mol. The van der Waals surface area contributed by atoms with Gasteiger partial charge in [0, 0.05) is 17.9 Å². The highest BCUT2D eigenvalue weighted by Gasteiger charge is 2.28. The van der Waals surface area contributed by atoms with Gasteiger partial charge in [0.1, 0.15) is 11.4 Å². The summed E-state index contributed by atoms with van der Waals surface area (Å²) in [6.07, 6.45) is 2.98. The number of hydrogen-bond acceptors (Lipinski definition) is 7. The molecule has 1 fully saturated rings. The van der Waals surface area contributed by atoms with Crippen LogP contribution in [0.5, 0.6) is 5.75 Å². The first-order valence-electron chi connectivity index (χ1n) is 9.81. The minimum Gasteiger partial charge on any atom is -0.423 e. The number of rotatable bonds is 5. The highest BCUT2D eigenvalue weighted by molar-refractivity contribution is 7.12. The van der Waals surface area contributed by atoms with Crippen LogP contribution in [0.2, 0.25) is 0 Å². The van der Waals surface area contributed by atoms with Gasteiger partial charge in [-0.2, -0.15) is 0 Å². The van der Waals surface area contributed by atoms with Gasteiger partial charge in [-0.25, -0.2) is 14.6 Å². The predicted molar refractivity (Wildman–Crippen MR) is 119 cm³/mol. The Morgan fingerprint density at radius 1 is 1.16 bits per heavy atom. The van der Waals surface area contributed by atoms with Crippen LogP contribution >= 0.6 is 11.3 Å². The van der Waals surface area contributed by atoms with E-state index in [9.17, 15) is 19.2 Å². The molecule has 0 saturated heterocycles. The summed E-state index contributed by atoms with van der Waals surface area (Å²) in [5, 5.41) is 4.73. The number of H-pyrrole nitrogens is 1. The number of amides is 1. The predicted octanol–water partition coefficient (Wildman–Crippen LogP) is 2.95. The number of pyridine rings is 1. The molecular weight excluding hydrogens is 432 g/mol. The van der Waals surface area contributed by atoms with E-state index in [1.54, 1.807) is 36.4 Å². The Morgan fingerprint density at radius 2 is 1.94 bits per heavy atom. The van der Waals surface area contributed by atoms with Crippen molar-refractivity contribution in [2.24, 2.45) is 0 Å². The van der Waals surface area contributed by atoms with Crippen LogP contribution in [0.4, 0.5) is 5.69 Å². The molecule has 0 radical (unpaired) electrons. The van der Waals surface area contributed by atoms with Crippen LogP contribution in [0.15, 0.2) is 63.6 Å². The Kier molecular flexibility index (Phi) is 4.91. The highest BCUT2D eigenvalue weighted by Crippen LogP contribution is 2.34. The quantitative estimate of drug-likeness (QED) is 0.357. The van der Waals surface area contributed by atoms with E-state index in [4.69, 9.17) is 4.74 Å². The molecule has 32 heavy (non-hydrogen) atoms. The van der Waals surface area contributed by atoms with Crippen LogP contribution in [0.1, 0.15) is 38.9 Å². The average Bonchev–Trinajstić information content (AvgIpc) is 3.45. The van der Waals surface area contributed by atoms with Crippen molar-refractivity contribution in [1.29, 1.82) is 0 Å². The van der Waals surface area contributed by atoms with E-state index in [0.717, 1.165) is 12.8 Å². The first-order valence-corrected chi connectivity index (χ1v) is 10.7. The second kappa shape index (κ2) is 7.89. The molecule has 10 heteroatoms. The van der Waals surface area contributed by atoms with Gasteiger partial charge in [-0.15, -0.1) is 11.3 Å². The topological polar surface area (TPSA) is 123 Å². The van der Waals surface area contributed by atoms with Gasteiger partial charge in [0.25, 0.3) is 11.5 Å². The van der Waals surface area contributed by atoms with E-state index in [0.29, 0.717) is 10.6 Å². The second-order valence-electron chi connectivity index (χ2n) is 7.30. The molecule has 0 spiro atoms. The standard InChI is InChI=1S/C22H16N4O5S/c27-19-16-10-12(11-23-18(16)26(14-5-6-14)22(30)25-19)21(29)31-15-7-3-13(4-8-15)24-20(28)17-2-1-9-32-17/h1-4,7-11,14H,5-6H2,(H,24,28)(H,25,27,30). The molecule has 1 aliphatic rings. The van der Waals surface area contributed by atoms with Crippen molar-refractivity contribution in [2.45, 2.75) is 18.9 Å². The summed E-state index contributed by atoms with van der Waals surface area (Å²) in [6.45, 7) is 0. The molecule has 1 saturated carbocycles. The largest absolute Gasteiger partial charge is 0.423 e. The highest BCUT2D eigenvalue weighted by atomic mass is 32.1. The van der Waals surface area contributed by atoms with E-state index in [1.807, 2.05) is 5.38 Å². The number of carbonyl (C=O) groups excluding carboxylic acids is 2. The van der Waals surface area contributed by atoms with Gasteiger partial charge in [0.2, 0.25) is 0 Å². The van der Waals surface area contributed by atoms with Gasteiger partial charge >= 0.3 is 11.7 Å². The van der Waals surface area contributed by atoms with Crippen molar-refractivity contribution in [1.82, 2.24) is 14.5 Å². The van der Waals surface area contributed by atoms with Crippen LogP contribution in [0.25, 0.3) is 11.0 Å². The molecule has 3 heterocycles. The third-order valence-electron chi connectivity index (χ3n) is 4.99. The zero-order valence-corrected chi connectivity index (χ0v) is 17.3. The second-order valence-corrected chi connectivity index (χ2v) is 8.25. The first-order chi connectivity index (χ1) is 15.5. The number of benzene rings is 1. The number of carbonyl (C=O) groups is 2. The maximum atomic E-state index is 12.6. The van der Waals surface area contributed by atoms with Gasteiger partial charge < -0.3 is 10.1 Å². The van der Waals surface area contributed by atoms with Crippen LogP contribution in [0, 0.1) is 0 Å². The van der Waals surface area contributed by atoms with Gasteiger partial charge in [-0.1, -0.05) is 6.07 Å². The third kappa shape index (κ3) is 3.83. The van der Waals surface area contributed by atoms with E-state index < -0.39 is 17.2 Å². The number of thiophene rings is 1. The van der Waals surface area contributed by atoms with Crippen LogP contribution < -0.4 is 21.3 Å². The van der Waals surface area contributed by atoms with E-state index in [2.05, 4.69) is 15.3 Å². The Morgan fingerprint density at radius 3 is 2.62 bits per heavy atom. The summed E-state index contributed by atoms with van der Waals surface area (Å²) in [5.41, 5.74) is -0.211. The molecule has 2 N–H and O–H groups in total. The normalized spacial score (nSPS) is 13.1. The molecule has 5 rings (SSSR count). The van der Waals surface area contributed by atoms with Gasteiger partial charge in [0.15, 0.2) is 0 Å². The summed E-state index contributed by atoms with van der Waals surface area (Å²) in [6, 6.07) is 11.2. The van der Waals surface area contributed by atoms with Crippen molar-refractivity contribution < 1.29 is 14.3 Å². The number of aromatic amines is 1. The molecule has 0 bridgehead atoms. The van der Waals surface area contributed by atoms with Gasteiger partial charge in [-0.3, -0.25) is 19.1 Å². The molecule has 9 nitrogen and oxygen atoms in total. The third-order valence-corrected chi connectivity index (χ3v) is 5.86. The first kappa shape index (κ1) is 19.9. The number of nitrogens with zero attached hydrogens (tertiary/aromatic N) is 2. The zero-order valence-electron chi connectivity index (χ0n) is 16.5. The summed E-state index contributed by atoms with van der Waals surface area (Å²) < 4.78 is 6.82. The molecule has 1 amide bonds. The van der Waals surface area contributed by atoms with Crippen LogP contribution in [0.3, 0.4) is 0 Å². The number of aromatic nitrogens is 3. The number of esters is 1. The van der Waals surface area contributed by atoms with Crippen molar-refractivity contribution in [2.75, 3.05) is 5.32 Å². The minimum atomic E-state index is -0.696. The molecule has 1 aromatic carbocycles. The van der Waals surface area contributed by atoms with Gasteiger partial charge in [0.05, 0.1) is 15.8 Å². The zero-order chi connectivity index (χ0) is 22.2. The summed E-state index contributed by atoms with van der Waals surface area (Å²) in [7, 11) is 0. The smallest absolute Gasteiger partial charge is 0.345 e. The van der Waals surface area contributed by atoms with Crippen molar-refractivity contribution in [3.63, 3.8) is 0 Å². The van der Waals surface area contributed by atoms with E-state index in [-0.39, 0.29) is 34.3 Å². The number of ether oxygens (including phenoxy) is 1. The number of fused-ring (bicyclic) bond motifs is 1. The molecule has 0 unspecified atom stereocenters. The number of anilines is 1. The SMILES string of the molecule is O=C(Oc1ccc(NC(=O)c2cccs2)cc1)c1cnc2c(c1)c(=O)[nH]c(=O)n2C1CC1. The van der Waals surface area contributed by atoms with Crippen molar-refractivity contribution >= 4 is 39.9 Å². The minimum absolute atomic E-state index is 0.0194. The molecule has 4 aromatic rings. The Balaban J connectivity index is 1.34. The fourth-order valence-electron chi connectivity index (χ4n) is 3.29. The Bertz CT molecular complexity index is 1450. The fraction of sp³-hybridized carbons (Fsp3) is 0.136. The van der Waals surface area contributed by atoms with Gasteiger partial charge in [-0.05, 0) is 54.6 Å². The van der Waals surface area contributed by atoms with E-state index >= 15 is 0 Å². The molecule has 160 valence electrons. The van der Waals surface area contributed by atoms with Crippen LogP contribution in [-0.2, 0) is 0 Å². The molecule has 0 aliphatic heterocycles. The lowest BCUT2D eigenvalue weighted by Crippen LogP contribution is -2.30. The molecular formula is C22H16N4O5S. The maximum Gasteiger partial charge on any atom is 0.345 e. The Hall–Kier alpha value is -4.05. The molecule has 1 aliphatic carbocycles. The summed E-state index contributed by atoms with van der Waals surface area (Å²) in [5.74, 6) is -0.652. The Labute approximate surface area is 184 Å². The average molecular weight is 448 g/mol. The van der Waals surface area contributed by atoms with E-state index in [1.165, 1.54) is 28.2 Å². The lowest BCUT2D eigenvalue weighted by Gasteiger charge is -2.09. The maximum absolute atomic E-state index is 12.6. The fourth-order valence-corrected chi connectivity index (χ4v) is 3.91. The lowest BCUT2D eigenvalue weighted by atomic mass is 10.2. The summed E-state index contributed by atoms with van der Waals surface area (Å²) in [4.78, 5) is 56.1. The lowest BCUT2D eigenvalue weighted by molar-refractivity contribution is 0.0734. The van der Waals surface area contributed by atoms with Crippen molar-refractivity contribution in [3.05, 3.63) is 85.3 Å². The number of hydrogen-bond donors (Lipinski definition) is 2.